The van der Waals surface area contributed by atoms with Gasteiger partial charge in [-0.3, -0.25) is 9.80 Å². The number of aryl methyl sites for hydroxylation is 2. The summed E-state index contributed by atoms with van der Waals surface area (Å²) < 4.78 is 10.2. The Kier molecular flexibility index (Phi) is 5.92. The molecular formula is C28H35N7O2. The number of methoxy groups -OCH3 is 1. The number of imidazole rings is 1. The molecule has 1 aromatic carbocycles. The average molecular weight is 502 g/mol. The number of hydrazine groups is 1. The Bertz CT molecular complexity index is 1500. The fourth-order valence-electron chi connectivity index (χ4n) is 5.42. The van der Waals surface area contributed by atoms with Crippen molar-refractivity contribution in [3.8, 4) is 17.3 Å². The fourth-order valence-corrected chi connectivity index (χ4v) is 5.42. The number of rotatable bonds is 6. The summed E-state index contributed by atoms with van der Waals surface area (Å²) in [5, 5.41) is 4.79. The van der Waals surface area contributed by atoms with Crippen LogP contribution in [0.25, 0.3) is 33.6 Å². The molecule has 1 aliphatic heterocycles. The van der Waals surface area contributed by atoms with E-state index in [1.807, 2.05) is 31.2 Å². The summed E-state index contributed by atoms with van der Waals surface area (Å²) in [6, 6.07) is 10.1. The molecule has 194 valence electrons. The van der Waals surface area contributed by atoms with Crippen molar-refractivity contribution >= 4 is 28.0 Å². The summed E-state index contributed by atoms with van der Waals surface area (Å²) in [4.78, 5) is 23.6. The summed E-state index contributed by atoms with van der Waals surface area (Å²) in [7, 11) is 5.57. The van der Waals surface area contributed by atoms with Crippen molar-refractivity contribution in [1.82, 2.24) is 29.1 Å². The van der Waals surface area contributed by atoms with Crippen LogP contribution in [-0.2, 0) is 20.0 Å². The topological polar surface area (TPSA) is 94.4 Å². The highest BCUT2D eigenvalue weighted by Crippen LogP contribution is 2.37. The molecule has 2 fully saturated rings. The van der Waals surface area contributed by atoms with E-state index in [1.165, 1.54) is 12.8 Å². The molecule has 1 unspecified atom stereocenters. The molecule has 0 bridgehead atoms. The number of carbonyl (C=O) groups is 1. The maximum Gasteiger partial charge on any atom is 0.268 e. The first-order valence-electron chi connectivity index (χ1n) is 13.2. The van der Waals surface area contributed by atoms with Gasteiger partial charge in [-0.25, -0.2) is 15.0 Å². The highest BCUT2D eigenvalue weighted by molar-refractivity contribution is 6.00. The van der Waals surface area contributed by atoms with E-state index in [1.54, 1.807) is 12.1 Å². The minimum Gasteiger partial charge on any atom is -0.494 e. The van der Waals surface area contributed by atoms with Crippen LogP contribution < -0.4 is 10.5 Å². The molecule has 1 saturated heterocycles. The smallest absolute Gasteiger partial charge is 0.268 e. The molecular weight excluding hydrogens is 466 g/mol. The van der Waals surface area contributed by atoms with E-state index >= 15 is 0 Å². The number of amides is 1. The van der Waals surface area contributed by atoms with Gasteiger partial charge in [-0.2, -0.15) is 0 Å². The van der Waals surface area contributed by atoms with E-state index in [2.05, 4.69) is 34.3 Å². The number of aromatic nitrogens is 4. The van der Waals surface area contributed by atoms with Gasteiger partial charge < -0.3 is 19.6 Å². The largest absolute Gasteiger partial charge is 0.494 e. The van der Waals surface area contributed by atoms with Crippen molar-refractivity contribution in [3.05, 3.63) is 41.6 Å². The van der Waals surface area contributed by atoms with Gasteiger partial charge in [-0.15, -0.1) is 0 Å². The van der Waals surface area contributed by atoms with Crippen LogP contribution in [0.1, 0.15) is 42.2 Å². The molecule has 3 aromatic heterocycles. The Morgan fingerprint density at radius 1 is 1.14 bits per heavy atom. The van der Waals surface area contributed by atoms with Crippen molar-refractivity contribution in [1.29, 1.82) is 0 Å². The molecule has 2 N–H and O–H groups in total. The van der Waals surface area contributed by atoms with Gasteiger partial charge in [0.15, 0.2) is 5.82 Å². The fraction of sp³-hybridized carbons (Fsp3) is 0.464. The lowest BCUT2D eigenvalue weighted by molar-refractivity contribution is -0.0168. The number of hydrogen-bond acceptors (Lipinski definition) is 6. The third-order valence-electron chi connectivity index (χ3n) is 7.81. The van der Waals surface area contributed by atoms with Gasteiger partial charge >= 0.3 is 0 Å². The minimum atomic E-state index is -0.0933. The number of pyridine rings is 1. The monoisotopic (exact) mass is 501 g/mol. The maximum atomic E-state index is 13.5. The van der Waals surface area contributed by atoms with Crippen LogP contribution >= 0.6 is 0 Å². The molecule has 1 saturated carbocycles. The maximum absolute atomic E-state index is 13.5. The highest BCUT2D eigenvalue weighted by atomic mass is 16.5. The highest BCUT2D eigenvalue weighted by Gasteiger charge is 2.29. The number of ether oxygens (including phenoxy) is 1. The standard InChI is InChI=1S/C28H35N7O2/c1-5-21-9-8-18-13-23(34(26(18)30-21)15-17-6-7-17)27-31-22-12-19(14-24(37-4)25(22)33(27)3)28(36)35-16-20(29)10-11-32(35)2/h8-9,12-14,17,20H,5-7,10-11,15-16,29H2,1-4H3. The first-order valence-corrected chi connectivity index (χ1v) is 13.2. The third-order valence-corrected chi connectivity index (χ3v) is 7.81. The van der Waals surface area contributed by atoms with E-state index in [0.29, 0.717) is 23.8 Å². The van der Waals surface area contributed by atoms with Crippen LogP contribution in [0.4, 0.5) is 0 Å². The van der Waals surface area contributed by atoms with Gasteiger partial charge in [0.1, 0.15) is 16.9 Å². The summed E-state index contributed by atoms with van der Waals surface area (Å²) in [6.45, 7) is 4.32. The SMILES string of the molecule is CCc1ccc2cc(-c3nc4cc(C(=O)N5CC(N)CCN5C)cc(OC)c4n3C)n(CC3CC3)c2n1. The van der Waals surface area contributed by atoms with Gasteiger partial charge in [-0.05, 0) is 61.9 Å². The molecule has 9 heteroatoms. The lowest BCUT2D eigenvalue weighted by Crippen LogP contribution is -2.55. The number of nitrogens with zero attached hydrogens (tertiary/aromatic N) is 6. The minimum absolute atomic E-state index is 0.0255. The van der Waals surface area contributed by atoms with Gasteiger partial charge in [0, 0.05) is 49.9 Å². The van der Waals surface area contributed by atoms with Crippen LogP contribution in [0.3, 0.4) is 0 Å². The van der Waals surface area contributed by atoms with Crippen molar-refractivity contribution in [2.45, 2.75) is 45.2 Å². The molecule has 4 heterocycles. The van der Waals surface area contributed by atoms with Gasteiger partial charge in [0.2, 0.25) is 0 Å². The second-order valence-corrected chi connectivity index (χ2v) is 10.5. The Labute approximate surface area is 216 Å². The predicted molar refractivity (Wildman–Crippen MR) is 144 cm³/mol. The quantitative estimate of drug-likeness (QED) is 0.434. The van der Waals surface area contributed by atoms with Gasteiger partial charge in [-0.1, -0.05) is 6.92 Å². The molecule has 37 heavy (non-hydrogen) atoms. The lowest BCUT2D eigenvalue weighted by Gasteiger charge is -2.38. The third kappa shape index (κ3) is 4.16. The van der Waals surface area contributed by atoms with Crippen molar-refractivity contribution < 1.29 is 9.53 Å². The van der Waals surface area contributed by atoms with Gasteiger partial charge in [0.05, 0.1) is 24.9 Å². The van der Waals surface area contributed by atoms with Crippen LogP contribution in [0.15, 0.2) is 30.3 Å². The lowest BCUT2D eigenvalue weighted by atomic mass is 10.1. The molecule has 9 nitrogen and oxygen atoms in total. The Balaban J connectivity index is 1.48. The van der Waals surface area contributed by atoms with E-state index in [0.717, 1.165) is 65.2 Å². The zero-order valence-electron chi connectivity index (χ0n) is 22.1. The molecule has 0 radical (unpaired) electrons. The Hall–Kier alpha value is -3.43. The van der Waals surface area contributed by atoms with E-state index in [9.17, 15) is 4.79 Å². The van der Waals surface area contributed by atoms with Crippen LogP contribution in [0, 0.1) is 5.92 Å². The summed E-state index contributed by atoms with van der Waals surface area (Å²) in [5.41, 5.74) is 11.5. The first-order chi connectivity index (χ1) is 17.9. The molecule has 1 atom stereocenters. The molecule has 6 rings (SSSR count). The Morgan fingerprint density at radius 3 is 2.68 bits per heavy atom. The van der Waals surface area contributed by atoms with Crippen molar-refractivity contribution in [3.63, 3.8) is 0 Å². The summed E-state index contributed by atoms with van der Waals surface area (Å²) in [6.07, 6.45) is 4.28. The average Bonchev–Trinajstić information content (AvgIpc) is 3.58. The molecule has 1 amide bonds. The predicted octanol–water partition coefficient (Wildman–Crippen LogP) is 3.59. The normalized spacial score (nSPS) is 18.7. The zero-order valence-corrected chi connectivity index (χ0v) is 22.1. The van der Waals surface area contributed by atoms with Crippen LogP contribution in [0.5, 0.6) is 5.75 Å². The zero-order chi connectivity index (χ0) is 25.8. The molecule has 4 aromatic rings. The molecule has 2 aliphatic rings. The molecule has 0 spiro atoms. The van der Waals surface area contributed by atoms with E-state index in [-0.39, 0.29) is 11.9 Å². The number of hydrogen-bond donors (Lipinski definition) is 1. The van der Waals surface area contributed by atoms with Crippen molar-refractivity contribution in [2.75, 3.05) is 27.2 Å². The van der Waals surface area contributed by atoms with E-state index < -0.39 is 0 Å². The first kappa shape index (κ1) is 23.9. The molecule has 1 aliphatic carbocycles. The number of nitrogens with two attached hydrogens (primary N) is 1. The second kappa shape index (κ2) is 9.15. The second-order valence-electron chi connectivity index (χ2n) is 10.5. The van der Waals surface area contributed by atoms with Crippen LogP contribution in [-0.4, -0.2) is 68.3 Å². The van der Waals surface area contributed by atoms with Gasteiger partial charge in [0.25, 0.3) is 5.91 Å². The number of fused-ring (bicyclic) bond motifs is 2. The number of carbonyl (C=O) groups excluding carboxylic acids is 1. The summed E-state index contributed by atoms with van der Waals surface area (Å²) >= 11 is 0. The number of benzene rings is 1. The van der Waals surface area contributed by atoms with E-state index in [4.69, 9.17) is 20.4 Å². The Morgan fingerprint density at radius 2 is 1.95 bits per heavy atom. The summed E-state index contributed by atoms with van der Waals surface area (Å²) in [5.74, 6) is 2.06. The van der Waals surface area contributed by atoms with Crippen LogP contribution in [0.2, 0.25) is 0 Å². The van der Waals surface area contributed by atoms with Crippen molar-refractivity contribution in [2.24, 2.45) is 18.7 Å².